The molecule has 0 aliphatic carbocycles. The lowest BCUT2D eigenvalue weighted by molar-refractivity contribution is -0.109. The maximum absolute atomic E-state index is 11.8. The molecule has 0 aromatic heterocycles. The number of carbonyl (C=O) groups excluding carboxylic acids is 2. The minimum Gasteiger partial charge on any atom is -0.444 e. The highest BCUT2D eigenvalue weighted by molar-refractivity contribution is 5.73. The van der Waals surface area contributed by atoms with E-state index in [1.165, 1.54) is 5.56 Å². The molecule has 1 amide bonds. The fourth-order valence-corrected chi connectivity index (χ4v) is 2.16. The molecule has 1 aromatic carbocycles. The molecule has 130 valence electrons. The van der Waals surface area contributed by atoms with Crippen LogP contribution >= 0.6 is 0 Å². The molecule has 0 unspecified atom stereocenters. The highest BCUT2D eigenvalue weighted by Gasteiger charge is 2.19. The average molecular weight is 329 g/mol. The van der Waals surface area contributed by atoms with Crippen molar-refractivity contribution in [3.8, 4) is 0 Å². The van der Waals surface area contributed by atoms with E-state index in [0.717, 1.165) is 24.7 Å². The van der Waals surface area contributed by atoms with Crippen LogP contribution in [0.2, 0.25) is 0 Å². The van der Waals surface area contributed by atoms with E-state index in [-0.39, 0.29) is 0 Å². The van der Waals surface area contributed by atoms with Crippen molar-refractivity contribution in [2.45, 2.75) is 51.7 Å². The first-order chi connectivity index (χ1) is 11.3. The largest absolute Gasteiger partial charge is 0.444 e. The Kier molecular flexibility index (Phi) is 7.96. The van der Waals surface area contributed by atoms with E-state index in [9.17, 15) is 9.59 Å². The summed E-state index contributed by atoms with van der Waals surface area (Å²) >= 11 is 0. The van der Waals surface area contributed by atoms with Gasteiger partial charge >= 0.3 is 6.09 Å². The fourth-order valence-electron chi connectivity index (χ4n) is 2.16. The number of hydrogen-bond acceptors (Lipinski definition) is 3. The third-order valence-corrected chi connectivity index (χ3v) is 3.27. The molecule has 24 heavy (non-hydrogen) atoms. The van der Waals surface area contributed by atoms with Gasteiger partial charge in [0.25, 0.3) is 0 Å². The van der Waals surface area contributed by atoms with Crippen LogP contribution in [0.15, 0.2) is 54.6 Å². The number of alkyl carbamates (subject to hydrolysis) is 1. The molecular weight excluding hydrogens is 302 g/mol. The summed E-state index contributed by atoms with van der Waals surface area (Å²) in [5.74, 6) is 0. The van der Waals surface area contributed by atoms with Crippen molar-refractivity contribution in [2.75, 3.05) is 0 Å². The SMILES string of the molecule is C=C/C(=C\CCc1ccccc1)C[C@H](C=O)NC(=O)OC(C)(C)C. The zero-order valence-electron chi connectivity index (χ0n) is 14.7. The second-order valence-corrected chi connectivity index (χ2v) is 6.60. The number of aldehydes is 1. The summed E-state index contributed by atoms with van der Waals surface area (Å²) in [6, 6.07) is 9.56. The van der Waals surface area contributed by atoms with Gasteiger partial charge in [0, 0.05) is 0 Å². The number of allylic oxidation sites excluding steroid dienone is 2. The van der Waals surface area contributed by atoms with Gasteiger partial charge in [0.15, 0.2) is 0 Å². The summed E-state index contributed by atoms with van der Waals surface area (Å²) in [6.45, 7) is 9.12. The van der Waals surface area contributed by atoms with E-state index in [0.29, 0.717) is 6.42 Å². The Morgan fingerprint density at radius 1 is 1.29 bits per heavy atom. The standard InChI is InChI=1S/C20H27NO3/c1-5-16(12-9-13-17-10-7-6-8-11-17)14-18(15-22)21-19(23)24-20(2,3)4/h5-8,10-12,15,18H,1,9,13-14H2,2-4H3,(H,21,23)/b16-12+/t18-/m1/s1. The Labute approximate surface area is 144 Å². The molecule has 0 aliphatic heterocycles. The summed E-state index contributed by atoms with van der Waals surface area (Å²) in [6.07, 6.45) is 6.07. The molecule has 0 aliphatic rings. The van der Waals surface area contributed by atoms with E-state index in [1.54, 1.807) is 26.8 Å². The molecule has 0 heterocycles. The number of hydrogen-bond donors (Lipinski definition) is 1. The van der Waals surface area contributed by atoms with E-state index >= 15 is 0 Å². The van der Waals surface area contributed by atoms with Crippen LogP contribution in [-0.4, -0.2) is 24.0 Å². The molecule has 0 radical (unpaired) electrons. The molecule has 0 bridgehead atoms. The van der Waals surface area contributed by atoms with Gasteiger partial charge in [-0.3, -0.25) is 0 Å². The van der Waals surface area contributed by atoms with Gasteiger partial charge in [-0.1, -0.05) is 54.6 Å². The molecule has 0 spiro atoms. The number of benzene rings is 1. The van der Waals surface area contributed by atoms with Gasteiger partial charge in [-0.05, 0) is 45.6 Å². The smallest absolute Gasteiger partial charge is 0.408 e. The van der Waals surface area contributed by atoms with Crippen LogP contribution in [0.1, 0.15) is 39.2 Å². The minimum atomic E-state index is -0.624. The number of ether oxygens (including phenoxy) is 1. The fraction of sp³-hybridized carbons (Fsp3) is 0.400. The van der Waals surface area contributed by atoms with E-state index in [4.69, 9.17) is 4.74 Å². The van der Waals surface area contributed by atoms with Crippen LogP contribution in [0, 0.1) is 0 Å². The molecule has 1 atom stereocenters. The van der Waals surface area contributed by atoms with Crippen LogP contribution in [0.4, 0.5) is 4.79 Å². The minimum absolute atomic E-state index is 0.404. The predicted molar refractivity (Wildman–Crippen MR) is 96.9 cm³/mol. The maximum Gasteiger partial charge on any atom is 0.408 e. The van der Waals surface area contributed by atoms with Crippen LogP contribution in [-0.2, 0) is 16.0 Å². The van der Waals surface area contributed by atoms with Crippen LogP contribution < -0.4 is 5.32 Å². The van der Waals surface area contributed by atoms with Gasteiger partial charge in [-0.2, -0.15) is 0 Å². The van der Waals surface area contributed by atoms with Gasteiger partial charge in [0.1, 0.15) is 11.9 Å². The summed E-state index contributed by atoms with van der Waals surface area (Å²) in [4.78, 5) is 23.0. The van der Waals surface area contributed by atoms with E-state index in [1.807, 2.05) is 24.3 Å². The maximum atomic E-state index is 11.8. The molecule has 1 N–H and O–H groups in total. The van der Waals surface area contributed by atoms with Gasteiger partial charge in [0.05, 0.1) is 6.04 Å². The zero-order valence-corrected chi connectivity index (χ0v) is 14.7. The van der Waals surface area contributed by atoms with Crippen LogP contribution in [0.5, 0.6) is 0 Å². The predicted octanol–water partition coefficient (Wildman–Crippen LogP) is 4.21. The second-order valence-electron chi connectivity index (χ2n) is 6.60. The lowest BCUT2D eigenvalue weighted by Gasteiger charge is -2.21. The summed E-state index contributed by atoms with van der Waals surface area (Å²) < 4.78 is 5.17. The molecule has 1 rings (SSSR count). The second kappa shape index (κ2) is 9.71. The number of rotatable bonds is 8. The van der Waals surface area contributed by atoms with Gasteiger partial charge in [-0.15, -0.1) is 0 Å². The van der Waals surface area contributed by atoms with E-state index in [2.05, 4.69) is 24.0 Å². The molecule has 1 aromatic rings. The summed E-state index contributed by atoms with van der Waals surface area (Å²) in [5, 5.41) is 2.58. The zero-order chi connectivity index (χ0) is 18.0. The first-order valence-corrected chi connectivity index (χ1v) is 8.14. The monoisotopic (exact) mass is 329 g/mol. The molecule has 4 heteroatoms. The normalized spacial score (nSPS) is 13.0. The quantitative estimate of drug-likeness (QED) is 0.574. The van der Waals surface area contributed by atoms with Crippen molar-refractivity contribution in [1.82, 2.24) is 5.32 Å². The number of carbonyl (C=O) groups is 2. The van der Waals surface area contributed by atoms with Gasteiger partial charge in [0.2, 0.25) is 0 Å². The van der Waals surface area contributed by atoms with Crippen molar-refractivity contribution in [3.05, 3.63) is 60.2 Å². The Hall–Kier alpha value is -2.36. The molecular formula is C20H27NO3. The van der Waals surface area contributed by atoms with Crippen molar-refractivity contribution in [2.24, 2.45) is 0 Å². The van der Waals surface area contributed by atoms with Crippen molar-refractivity contribution < 1.29 is 14.3 Å². The lowest BCUT2D eigenvalue weighted by Crippen LogP contribution is -2.40. The lowest BCUT2D eigenvalue weighted by atomic mass is 10.0. The Balaban J connectivity index is 2.54. The number of nitrogens with one attached hydrogen (secondary N) is 1. The first kappa shape index (κ1) is 19.7. The highest BCUT2D eigenvalue weighted by Crippen LogP contribution is 2.11. The van der Waals surface area contributed by atoms with Crippen LogP contribution in [0.3, 0.4) is 0 Å². The highest BCUT2D eigenvalue weighted by atomic mass is 16.6. The van der Waals surface area contributed by atoms with Gasteiger partial charge in [-0.25, -0.2) is 4.79 Å². The van der Waals surface area contributed by atoms with Crippen LogP contribution in [0.25, 0.3) is 0 Å². The summed E-state index contributed by atoms with van der Waals surface area (Å²) in [5.41, 5.74) is 1.60. The molecule has 4 nitrogen and oxygen atoms in total. The Morgan fingerprint density at radius 3 is 2.50 bits per heavy atom. The first-order valence-electron chi connectivity index (χ1n) is 8.14. The van der Waals surface area contributed by atoms with Crippen molar-refractivity contribution >= 4 is 12.4 Å². The third-order valence-electron chi connectivity index (χ3n) is 3.27. The van der Waals surface area contributed by atoms with Crippen molar-refractivity contribution in [1.29, 1.82) is 0 Å². The molecule has 0 fully saturated rings. The number of amides is 1. The Morgan fingerprint density at radius 2 is 1.96 bits per heavy atom. The van der Waals surface area contributed by atoms with Gasteiger partial charge < -0.3 is 14.8 Å². The van der Waals surface area contributed by atoms with Crippen molar-refractivity contribution in [3.63, 3.8) is 0 Å². The molecule has 0 saturated carbocycles. The van der Waals surface area contributed by atoms with E-state index < -0.39 is 17.7 Å². The third kappa shape index (κ3) is 8.32. The summed E-state index contributed by atoms with van der Waals surface area (Å²) in [7, 11) is 0. The number of aryl methyl sites for hydroxylation is 1. The Bertz CT molecular complexity index is 570. The average Bonchev–Trinajstić information content (AvgIpc) is 2.52. The topological polar surface area (TPSA) is 55.4 Å². The molecule has 0 saturated heterocycles.